The predicted molar refractivity (Wildman–Crippen MR) is 89.9 cm³/mol. The zero-order chi connectivity index (χ0) is 13.9. The molecule has 2 unspecified atom stereocenters. The maximum atomic E-state index is 6.04. The van der Waals surface area contributed by atoms with Gasteiger partial charge < -0.3 is 5.32 Å². The first-order valence-electron chi connectivity index (χ1n) is 7.10. The monoisotopic (exact) mass is 306 g/mol. The van der Waals surface area contributed by atoms with Gasteiger partial charge in [0, 0.05) is 33.6 Å². The Labute approximate surface area is 129 Å². The molecule has 20 heavy (non-hydrogen) atoms. The largest absolute Gasteiger partial charge is 0.382 e. The van der Waals surface area contributed by atoms with Crippen LogP contribution in [0.3, 0.4) is 0 Å². The van der Waals surface area contributed by atoms with Crippen LogP contribution in [0.15, 0.2) is 30.5 Å². The maximum Gasteiger partial charge on any atom is 0.0737 e. The third kappa shape index (κ3) is 3.04. The third-order valence-corrected chi connectivity index (χ3v) is 5.35. The van der Waals surface area contributed by atoms with E-state index >= 15 is 0 Å². The summed E-state index contributed by atoms with van der Waals surface area (Å²) in [6.45, 7) is 0. The third-order valence-electron chi connectivity index (χ3n) is 4.02. The first kappa shape index (κ1) is 14.0. The van der Waals surface area contributed by atoms with Crippen LogP contribution >= 0.6 is 23.4 Å². The number of aromatic nitrogens is 1. The van der Waals surface area contributed by atoms with E-state index in [2.05, 4.69) is 28.7 Å². The van der Waals surface area contributed by atoms with E-state index in [4.69, 9.17) is 11.6 Å². The fraction of sp³-hybridized carbons (Fsp3) is 0.438. The van der Waals surface area contributed by atoms with Gasteiger partial charge in [-0.25, -0.2) is 0 Å². The van der Waals surface area contributed by atoms with E-state index in [-0.39, 0.29) is 0 Å². The van der Waals surface area contributed by atoms with Crippen molar-refractivity contribution >= 4 is 40.0 Å². The van der Waals surface area contributed by atoms with Crippen LogP contribution in [0.1, 0.15) is 25.7 Å². The van der Waals surface area contributed by atoms with Crippen molar-refractivity contribution in [2.45, 2.75) is 37.0 Å². The van der Waals surface area contributed by atoms with E-state index in [0.29, 0.717) is 6.04 Å². The molecule has 0 amide bonds. The lowest BCUT2D eigenvalue weighted by Crippen LogP contribution is -2.28. The van der Waals surface area contributed by atoms with Crippen molar-refractivity contribution in [1.82, 2.24) is 4.98 Å². The van der Waals surface area contributed by atoms with Crippen LogP contribution < -0.4 is 5.32 Å². The Morgan fingerprint density at radius 2 is 2.20 bits per heavy atom. The number of thioether (sulfide) groups is 1. The Balaban J connectivity index is 1.83. The highest BCUT2D eigenvalue weighted by Gasteiger charge is 2.21. The van der Waals surface area contributed by atoms with Crippen LogP contribution in [0.25, 0.3) is 10.9 Å². The summed E-state index contributed by atoms with van der Waals surface area (Å²) >= 11 is 8.03. The summed E-state index contributed by atoms with van der Waals surface area (Å²) in [6, 6.07) is 8.55. The van der Waals surface area contributed by atoms with Crippen molar-refractivity contribution < 1.29 is 0 Å². The molecule has 0 saturated heterocycles. The highest BCUT2D eigenvalue weighted by Crippen LogP contribution is 2.31. The van der Waals surface area contributed by atoms with E-state index < -0.39 is 0 Å². The number of fused-ring (bicyclic) bond motifs is 1. The van der Waals surface area contributed by atoms with Gasteiger partial charge in [0.15, 0.2) is 0 Å². The van der Waals surface area contributed by atoms with Gasteiger partial charge in [-0.3, -0.25) is 4.98 Å². The fourth-order valence-electron chi connectivity index (χ4n) is 2.96. The zero-order valence-corrected chi connectivity index (χ0v) is 13.2. The number of hydrogen-bond acceptors (Lipinski definition) is 3. The molecule has 0 spiro atoms. The lowest BCUT2D eigenvalue weighted by molar-refractivity contribution is 0.474. The molecule has 3 rings (SSSR count). The summed E-state index contributed by atoms with van der Waals surface area (Å²) in [5.41, 5.74) is 2.14. The lowest BCUT2D eigenvalue weighted by Gasteiger charge is -2.29. The Kier molecular flexibility index (Phi) is 4.37. The molecular formula is C16H19ClN2S. The molecule has 1 aliphatic rings. The summed E-state index contributed by atoms with van der Waals surface area (Å²) in [5, 5.41) is 6.40. The minimum Gasteiger partial charge on any atom is -0.382 e. The van der Waals surface area contributed by atoms with Gasteiger partial charge in [-0.15, -0.1) is 0 Å². The number of benzene rings is 1. The van der Waals surface area contributed by atoms with Gasteiger partial charge in [0.05, 0.1) is 5.52 Å². The molecule has 0 radical (unpaired) electrons. The normalized spacial score (nSPS) is 22.9. The van der Waals surface area contributed by atoms with Crippen LogP contribution in [0.4, 0.5) is 5.69 Å². The SMILES string of the molecule is CSC1CCCC(Nc2ccnc3cc(Cl)ccc23)C1. The van der Waals surface area contributed by atoms with E-state index in [0.717, 1.165) is 21.2 Å². The molecule has 1 saturated carbocycles. The molecular weight excluding hydrogens is 288 g/mol. The number of rotatable bonds is 3. The first-order valence-corrected chi connectivity index (χ1v) is 8.76. The number of hydrogen-bond donors (Lipinski definition) is 1. The molecule has 0 aliphatic heterocycles. The second kappa shape index (κ2) is 6.23. The van der Waals surface area contributed by atoms with E-state index in [1.54, 1.807) is 0 Å². The molecule has 1 aliphatic carbocycles. The summed E-state index contributed by atoms with van der Waals surface area (Å²) in [6.07, 6.45) is 9.25. The van der Waals surface area contributed by atoms with Gasteiger partial charge in [-0.2, -0.15) is 11.8 Å². The maximum absolute atomic E-state index is 6.04. The smallest absolute Gasteiger partial charge is 0.0737 e. The van der Waals surface area contributed by atoms with Gasteiger partial charge in [0.1, 0.15) is 0 Å². The minimum absolute atomic E-state index is 0.572. The second-order valence-corrected chi connectivity index (χ2v) is 6.96. The number of anilines is 1. The van der Waals surface area contributed by atoms with Gasteiger partial charge in [0.2, 0.25) is 0 Å². The Hall–Kier alpha value is -0.930. The quantitative estimate of drug-likeness (QED) is 0.866. The highest BCUT2D eigenvalue weighted by molar-refractivity contribution is 7.99. The molecule has 106 valence electrons. The van der Waals surface area contributed by atoms with Crippen LogP contribution in [0, 0.1) is 0 Å². The zero-order valence-electron chi connectivity index (χ0n) is 11.6. The first-order chi connectivity index (χ1) is 9.76. The molecule has 1 aromatic carbocycles. The Bertz CT molecular complexity index is 602. The minimum atomic E-state index is 0.572. The van der Waals surface area contributed by atoms with E-state index in [9.17, 15) is 0 Å². The molecule has 1 aromatic heterocycles. The second-order valence-electron chi connectivity index (χ2n) is 5.39. The molecule has 2 aromatic rings. The average molecular weight is 307 g/mol. The number of nitrogens with zero attached hydrogens (tertiary/aromatic N) is 1. The Morgan fingerprint density at radius 1 is 1.30 bits per heavy atom. The van der Waals surface area contributed by atoms with Crippen LogP contribution in [0.5, 0.6) is 0 Å². The van der Waals surface area contributed by atoms with Crippen LogP contribution in [-0.4, -0.2) is 22.5 Å². The molecule has 1 N–H and O–H groups in total. The molecule has 4 heteroatoms. The highest BCUT2D eigenvalue weighted by atomic mass is 35.5. The molecule has 1 fully saturated rings. The topological polar surface area (TPSA) is 24.9 Å². The van der Waals surface area contributed by atoms with Gasteiger partial charge in [-0.1, -0.05) is 18.0 Å². The summed E-state index contributed by atoms with van der Waals surface area (Å²) in [7, 11) is 0. The van der Waals surface area contributed by atoms with Crippen molar-refractivity contribution in [2.24, 2.45) is 0 Å². The van der Waals surface area contributed by atoms with Crippen molar-refractivity contribution in [3.8, 4) is 0 Å². The summed E-state index contributed by atoms with van der Waals surface area (Å²) < 4.78 is 0. The molecule has 2 atom stereocenters. The number of pyridine rings is 1. The predicted octanol–water partition coefficient (Wildman–Crippen LogP) is 4.97. The van der Waals surface area contributed by atoms with E-state index in [1.165, 1.54) is 31.4 Å². The van der Waals surface area contributed by atoms with Crippen molar-refractivity contribution in [3.05, 3.63) is 35.5 Å². The molecule has 0 bridgehead atoms. The average Bonchev–Trinajstić information content (AvgIpc) is 2.47. The van der Waals surface area contributed by atoms with Crippen molar-refractivity contribution in [3.63, 3.8) is 0 Å². The Morgan fingerprint density at radius 3 is 3.05 bits per heavy atom. The molecule has 1 heterocycles. The van der Waals surface area contributed by atoms with Gasteiger partial charge >= 0.3 is 0 Å². The van der Waals surface area contributed by atoms with Crippen molar-refractivity contribution in [2.75, 3.05) is 11.6 Å². The summed E-state index contributed by atoms with van der Waals surface area (Å²) in [4.78, 5) is 4.40. The lowest BCUT2D eigenvalue weighted by atomic mass is 9.94. The van der Waals surface area contributed by atoms with Crippen LogP contribution in [-0.2, 0) is 0 Å². The van der Waals surface area contributed by atoms with Crippen LogP contribution in [0.2, 0.25) is 5.02 Å². The van der Waals surface area contributed by atoms with E-state index in [1.807, 2.05) is 30.1 Å². The van der Waals surface area contributed by atoms with Gasteiger partial charge in [-0.05, 0) is 49.8 Å². The number of nitrogens with one attached hydrogen (secondary N) is 1. The number of halogens is 1. The standard InChI is InChI=1S/C16H19ClN2S/c1-20-13-4-2-3-12(10-13)19-15-7-8-18-16-9-11(17)5-6-14(15)16/h5-9,12-13H,2-4,10H2,1H3,(H,18,19). The fourth-order valence-corrected chi connectivity index (χ4v) is 3.95. The molecule has 2 nitrogen and oxygen atoms in total. The van der Waals surface area contributed by atoms with Gasteiger partial charge in [0.25, 0.3) is 0 Å². The summed E-state index contributed by atoms with van der Waals surface area (Å²) in [5.74, 6) is 0. The van der Waals surface area contributed by atoms with Crippen molar-refractivity contribution in [1.29, 1.82) is 0 Å².